The SMILES string of the molecule is O=c1/c(=C\c2ccccc2Br)sc2nc(-c3ccccc3)c(-c3ccccc3)n12. The van der Waals surface area contributed by atoms with E-state index in [9.17, 15) is 4.79 Å². The molecule has 0 aliphatic heterocycles. The lowest BCUT2D eigenvalue weighted by atomic mass is 10.1. The molecule has 0 aliphatic rings. The first-order valence-corrected chi connectivity index (χ1v) is 10.8. The van der Waals surface area contributed by atoms with Crippen molar-refractivity contribution in [3.05, 3.63) is 110 Å². The molecule has 0 unspecified atom stereocenters. The summed E-state index contributed by atoms with van der Waals surface area (Å²) in [7, 11) is 0. The Balaban J connectivity index is 1.82. The number of hydrogen-bond donors (Lipinski definition) is 0. The van der Waals surface area contributed by atoms with Crippen molar-refractivity contribution in [1.82, 2.24) is 9.38 Å². The summed E-state index contributed by atoms with van der Waals surface area (Å²) in [4.78, 5) is 18.9. The Hall–Kier alpha value is -3.02. The van der Waals surface area contributed by atoms with Gasteiger partial charge in [0.25, 0.3) is 5.56 Å². The van der Waals surface area contributed by atoms with Crippen LogP contribution < -0.4 is 10.1 Å². The van der Waals surface area contributed by atoms with Gasteiger partial charge in [-0.05, 0) is 17.7 Å². The molecule has 0 saturated carbocycles. The minimum absolute atomic E-state index is 0.0470. The standard InChI is InChI=1S/C24H15BrN2OS/c25-19-14-8-7-13-18(19)15-20-23(28)27-22(17-11-5-2-6-12-17)21(26-24(27)29-20)16-9-3-1-4-10-16/h1-15H/b20-15+. The molecule has 0 amide bonds. The van der Waals surface area contributed by atoms with Crippen molar-refractivity contribution in [2.24, 2.45) is 0 Å². The quantitative estimate of drug-likeness (QED) is 0.362. The Kier molecular flexibility index (Phi) is 4.62. The van der Waals surface area contributed by atoms with Gasteiger partial charge in [0.15, 0.2) is 4.96 Å². The van der Waals surface area contributed by atoms with E-state index < -0.39 is 0 Å². The van der Waals surface area contributed by atoms with Crippen LogP contribution >= 0.6 is 27.3 Å². The number of fused-ring (bicyclic) bond motifs is 1. The highest BCUT2D eigenvalue weighted by atomic mass is 79.9. The van der Waals surface area contributed by atoms with E-state index in [4.69, 9.17) is 4.98 Å². The van der Waals surface area contributed by atoms with Gasteiger partial charge in [-0.25, -0.2) is 9.38 Å². The van der Waals surface area contributed by atoms with Crippen LogP contribution in [0.2, 0.25) is 0 Å². The molecule has 0 radical (unpaired) electrons. The van der Waals surface area contributed by atoms with Crippen LogP contribution in [0, 0.1) is 0 Å². The second kappa shape index (κ2) is 7.43. The number of aromatic nitrogens is 2. The molecule has 0 fully saturated rings. The fourth-order valence-corrected chi connectivity index (χ4v) is 4.76. The lowest BCUT2D eigenvalue weighted by Crippen LogP contribution is -2.23. The predicted octanol–water partition coefficient (Wildman–Crippen LogP) is 5.40. The maximum absolute atomic E-state index is 13.4. The number of halogens is 1. The van der Waals surface area contributed by atoms with Crippen LogP contribution in [0.25, 0.3) is 33.6 Å². The molecule has 0 N–H and O–H groups in total. The molecular formula is C24H15BrN2OS. The number of thiazole rings is 1. The van der Waals surface area contributed by atoms with Crippen LogP contribution in [0.4, 0.5) is 0 Å². The van der Waals surface area contributed by atoms with E-state index in [0.717, 1.165) is 32.6 Å². The van der Waals surface area contributed by atoms with Crippen LogP contribution in [0.1, 0.15) is 5.56 Å². The van der Waals surface area contributed by atoms with Crippen molar-refractivity contribution in [3.63, 3.8) is 0 Å². The zero-order valence-electron chi connectivity index (χ0n) is 15.2. The van der Waals surface area contributed by atoms with Gasteiger partial charge in [0, 0.05) is 15.6 Å². The second-order valence-electron chi connectivity index (χ2n) is 6.60. The van der Waals surface area contributed by atoms with Crippen molar-refractivity contribution in [2.45, 2.75) is 0 Å². The third-order valence-corrected chi connectivity index (χ3v) is 6.44. The van der Waals surface area contributed by atoms with Gasteiger partial charge in [0.1, 0.15) is 0 Å². The normalized spacial score (nSPS) is 12.0. The molecule has 5 heteroatoms. The van der Waals surface area contributed by atoms with Crippen molar-refractivity contribution < 1.29 is 0 Å². The summed E-state index contributed by atoms with van der Waals surface area (Å²) in [5.74, 6) is 0. The van der Waals surface area contributed by atoms with E-state index in [1.165, 1.54) is 11.3 Å². The molecule has 0 bridgehead atoms. The monoisotopic (exact) mass is 458 g/mol. The molecule has 5 aromatic rings. The molecule has 0 spiro atoms. The van der Waals surface area contributed by atoms with Crippen molar-refractivity contribution in [3.8, 4) is 22.5 Å². The Morgan fingerprint density at radius 3 is 2.14 bits per heavy atom. The van der Waals surface area contributed by atoms with Crippen molar-refractivity contribution in [2.75, 3.05) is 0 Å². The largest absolute Gasteiger partial charge is 0.274 e. The fourth-order valence-electron chi connectivity index (χ4n) is 3.39. The van der Waals surface area contributed by atoms with E-state index in [-0.39, 0.29) is 5.56 Å². The minimum Gasteiger partial charge on any atom is -0.267 e. The van der Waals surface area contributed by atoms with E-state index in [1.807, 2.05) is 91.0 Å². The Labute approximate surface area is 179 Å². The topological polar surface area (TPSA) is 34.4 Å². The molecule has 2 aromatic heterocycles. The molecule has 3 aromatic carbocycles. The first-order chi connectivity index (χ1) is 14.2. The van der Waals surface area contributed by atoms with Gasteiger partial charge in [0.05, 0.1) is 15.9 Å². The molecule has 3 nitrogen and oxygen atoms in total. The van der Waals surface area contributed by atoms with Gasteiger partial charge < -0.3 is 0 Å². The van der Waals surface area contributed by atoms with Crippen LogP contribution in [0.3, 0.4) is 0 Å². The van der Waals surface area contributed by atoms with Gasteiger partial charge in [-0.1, -0.05) is 106 Å². The highest BCUT2D eigenvalue weighted by Crippen LogP contribution is 2.32. The third-order valence-electron chi connectivity index (χ3n) is 4.75. The number of imidazole rings is 1. The second-order valence-corrected chi connectivity index (χ2v) is 8.46. The smallest absolute Gasteiger partial charge is 0.267 e. The van der Waals surface area contributed by atoms with Gasteiger partial charge in [0.2, 0.25) is 0 Å². The maximum atomic E-state index is 13.4. The van der Waals surface area contributed by atoms with E-state index in [2.05, 4.69) is 15.9 Å². The molecular weight excluding hydrogens is 444 g/mol. The summed E-state index contributed by atoms with van der Waals surface area (Å²) in [6.45, 7) is 0. The maximum Gasteiger partial charge on any atom is 0.274 e. The third kappa shape index (κ3) is 3.22. The molecule has 29 heavy (non-hydrogen) atoms. The predicted molar refractivity (Wildman–Crippen MR) is 123 cm³/mol. The summed E-state index contributed by atoms with van der Waals surface area (Å²) < 4.78 is 3.36. The Morgan fingerprint density at radius 2 is 1.45 bits per heavy atom. The first kappa shape index (κ1) is 18.0. The minimum atomic E-state index is -0.0470. The number of benzene rings is 3. The fraction of sp³-hybridized carbons (Fsp3) is 0. The van der Waals surface area contributed by atoms with Crippen molar-refractivity contribution >= 4 is 38.3 Å². The summed E-state index contributed by atoms with van der Waals surface area (Å²) >= 11 is 4.97. The molecule has 0 aliphatic carbocycles. The lowest BCUT2D eigenvalue weighted by molar-refractivity contribution is 1.15. The molecule has 5 rings (SSSR count). The zero-order chi connectivity index (χ0) is 19.8. The van der Waals surface area contributed by atoms with E-state index in [1.54, 1.807) is 4.40 Å². The highest BCUT2D eigenvalue weighted by Gasteiger charge is 2.19. The summed E-state index contributed by atoms with van der Waals surface area (Å²) in [6.07, 6.45) is 1.92. The first-order valence-electron chi connectivity index (χ1n) is 9.15. The molecule has 2 heterocycles. The Morgan fingerprint density at radius 1 is 0.828 bits per heavy atom. The number of nitrogens with zero attached hydrogens (tertiary/aromatic N) is 2. The molecule has 0 saturated heterocycles. The van der Waals surface area contributed by atoms with Gasteiger partial charge in [-0.2, -0.15) is 0 Å². The van der Waals surface area contributed by atoms with Gasteiger partial charge in [-0.15, -0.1) is 0 Å². The molecule has 140 valence electrons. The zero-order valence-corrected chi connectivity index (χ0v) is 17.7. The molecule has 0 atom stereocenters. The number of hydrogen-bond acceptors (Lipinski definition) is 3. The van der Waals surface area contributed by atoms with Gasteiger partial charge >= 0.3 is 0 Å². The van der Waals surface area contributed by atoms with E-state index >= 15 is 0 Å². The number of rotatable bonds is 3. The average molecular weight is 459 g/mol. The van der Waals surface area contributed by atoms with Crippen LogP contribution in [-0.4, -0.2) is 9.38 Å². The highest BCUT2D eigenvalue weighted by molar-refractivity contribution is 9.10. The van der Waals surface area contributed by atoms with Crippen molar-refractivity contribution in [1.29, 1.82) is 0 Å². The van der Waals surface area contributed by atoms with Gasteiger partial charge in [-0.3, -0.25) is 4.79 Å². The summed E-state index contributed by atoms with van der Waals surface area (Å²) in [6, 6.07) is 27.9. The van der Waals surface area contributed by atoms with E-state index in [0.29, 0.717) is 9.49 Å². The lowest BCUT2D eigenvalue weighted by Gasteiger charge is -2.04. The average Bonchev–Trinajstić information content (AvgIpc) is 3.28. The van der Waals surface area contributed by atoms with Crippen LogP contribution in [0.15, 0.2) is 94.2 Å². The van der Waals surface area contributed by atoms with Crippen LogP contribution in [0.5, 0.6) is 0 Å². The summed E-state index contributed by atoms with van der Waals surface area (Å²) in [5, 5.41) is 0. The van der Waals surface area contributed by atoms with Crippen LogP contribution in [-0.2, 0) is 0 Å². The summed E-state index contributed by atoms with van der Waals surface area (Å²) in [5.41, 5.74) is 4.56. The Bertz CT molecular complexity index is 1420.